The third-order valence-corrected chi connectivity index (χ3v) is 5.67. The van der Waals surface area contributed by atoms with Crippen LogP contribution in [0.2, 0.25) is 0 Å². The maximum atomic E-state index is 13.4. The fourth-order valence-corrected chi connectivity index (χ4v) is 4.08. The lowest BCUT2D eigenvalue weighted by Crippen LogP contribution is -2.57. The molecule has 0 heterocycles. The van der Waals surface area contributed by atoms with Crippen LogP contribution >= 0.6 is 0 Å². The molecule has 1 aliphatic rings. The second-order valence-corrected chi connectivity index (χ2v) is 7.63. The minimum Gasteiger partial charge on any atom is -0.368 e. The number of benzene rings is 2. The molecular formula is C23H27FN2O2. The molecule has 1 fully saturated rings. The summed E-state index contributed by atoms with van der Waals surface area (Å²) in [6.45, 7) is 0. The topological polar surface area (TPSA) is 72.2 Å². The zero-order chi connectivity index (χ0) is 20.0. The molecule has 1 atom stereocenters. The van der Waals surface area contributed by atoms with Gasteiger partial charge < -0.3 is 11.1 Å². The van der Waals surface area contributed by atoms with Crippen molar-refractivity contribution in [3.63, 3.8) is 0 Å². The van der Waals surface area contributed by atoms with Gasteiger partial charge in [-0.15, -0.1) is 0 Å². The Morgan fingerprint density at radius 3 is 2.07 bits per heavy atom. The summed E-state index contributed by atoms with van der Waals surface area (Å²) in [7, 11) is 0. The SMILES string of the molecule is NC(=O)C1(NC(=O)C[C@H](c2ccccc2)c2ccc(F)cc2)CCCCCC1. The summed E-state index contributed by atoms with van der Waals surface area (Å²) in [6.07, 6.45) is 5.19. The van der Waals surface area contributed by atoms with Gasteiger partial charge in [-0.1, -0.05) is 68.1 Å². The average Bonchev–Trinajstić information content (AvgIpc) is 2.94. The van der Waals surface area contributed by atoms with Crippen LogP contribution in [0, 0.1) is 5.82 Å². The van der Waals surface area contributed by atoms with Crippen molar-refractivity contribution in [2.45, 2.75) is 56.4 Å². The first-order chi connectivity index (χ1) is 13.5. The zero-order valence-corrected chi connectivity index (χ0v) is 16.0. The van der Waals surface area contributed by atoms with E-state index in [1.165, 1.54) is 12.1 Å². The van der Waals surface area contributed by atoms with Crippen molar-refractivity contribution in [2.75, 3.05) is 0 Å². The number of carbonyl (C=O) groups excluding carboxylic acids is 2. The maximum absolute atomic E-state index is 13.4. The van der Waals surface area contributed by atoms with E-state index in [-0.39, 0.29) is 24.1 Å². The second-order valence-electron chi connectivity index (χ2n) is 7.63. The lowest BCUT2D eigenvalue weighted by Gasteiger charge is -2.31. The summed E-state index contributed by atoms with van der Waals surface area (Å²) in [5.41, 5.74) is 6.56. The van der Waals surface area contributed by atoms with E-state index in [1.807, 2.05) is 30.3 Å². The molecule has 0 bridgehead atoms. The number of nitrogens with one attached hydrogen (secondary N) is 1. The van der Waals surface area contributed by atoms with Gasteiger partial charge in [0.05, 0.1) is 0 Å². The van der Waals surface area contributed by atoms with Crippen LogP contribution in [0.5, 0.6) is 0 Å². The Labute approximate surface area is 165 Å². The number of carbonyl (C=O) groups is 2. The fraction of sp³-hybridized carbons (Fsp3) is 0.391. The van der Waals surface area contributed by atoms with Crippen molar-refractivity contribution < 1.29 is 14.0 Å². The molecule has 0 saturated heterocycles. The van der Waals surface area contributed by atoms with Gasteiger partial charge in [0.1, 0.15) is 11.4 Å². The van der Waals surface area contributed by atoms with Crippen LogP contribution in [0.3, 0.4) is 0 Å². The average molecular weight is 382 g/mol. The van der Waals surface area contributed by atoms with Crippen LogP contribution < -0.4 is 11.1 Å². The van der Waals surface area contributed by atoms with Crippen LogP contribution in [-0.4, -0.2) is 17.4 Å². The lowest BCUT2D eigenvalue weighted by atomic mass is 9.86. The minimum atomic E-state index is -0.961. The van der Waals surface area contributed by atoms with Crippen LogP contribution in [-0.2, 0) is 9.59 Å². The summed E-state index contributed by atoms with van der Waals surface area (Å²) >= 11 is 0. The molecule has 2 aromatic carbocycles. The highest BCUT2D eigenvalue weighted by Gasteiger charge is 2.38. The van der Waals surface area contributed by atoms with E-state index >= 15 is 0 Å². The molecule has 0 radical (unpaired) electrons. The first-order valence-corrected chi connectivity index (χ1v) is 9.91. The Bertz CT molecular complexity index is 797. The molecule has 3 N–H and O–H groups in total. The number of nitrogens with two attached hydrogens (primary N) is 1. The third-order valence-electron chi connectivity index (χ3n) is 5.67. The molecule has 5 heteroatoms. The van der Waals surface area contributed by atoms with E-state index in [4.69, 9.17) is 5.73 Å². The first kappa shape index (κ1) is 20.1. The number of amides is 2. The smallest absolute Gasteiger partial charge is 0.243 e. The molecule has 2 amide bonds. The lowest BCUT2D eigenvalue weighted by molar-refractivity contribution is -0.132. The normalized spacial score (nSPS) is 17.3. The summed E-state index contributed by atoms with van der Waals surface area (Å²) in [5, 5.41) is 2.97. The Morgan fingerprint density at radius 2 is 1.50 bits per heavy atom. The van der Waals surface area contributed by atoms with E-state index < -0.39 is 11.4 Å². The van der Waals surface area contributed by atoms with Crippen molar-refractivity contribution in [2.24, 2.45) is 5.73 Å². The second kappa shape index (κ2) is 9.00. The standard InChI is InChI=1S/C23H27FN2O2/c24-19-12-10-18(11-13-19)20(17-8-4-3-5-9-17)16-21(27)26-23(22(25)28)14-6-1-2-7-15-23/h3-5,8-13,20H,1-2,6-7,14-16H2,(H2,25,28)(H,26,27)/t20-/m1/s1. The van der Waals surface area contributed by atoms with Crippen molar-refractivity contribution in [3.05, 3.63) is 71.5 Å². The molecule has 148 valence electrons. The van der Waals surface area contributed by atoms with Crippen molar-refractivity contribution in [3.8, 4) is 0 Å². The Morgan fingerprint density at radius 1 is 0.929 bits per heavy atom. The number of rotatable bonds is 6. The van der Waals surface area contributed by atoms with Gasteiger partial charge >= 0.3 is 0 Å². The molecule has 4 nitrogen and oxygen atoms in total. The molecule has 3 rings (SSSR count). The fourth-order valence-electron chi connectivity index (χ4n) is 4.08. The van der Waals surface area contributed by atoms with Gasteiger partial charge in [-0.05, 0) is 36.1 Å². The summed E-state index contributed by atoms with van der Waals surface area (Å²) in [5.74, 6) is -1.21. The number of halogens is 1. The van der Waals surface area contributed by atoms with Crippen molar-refractivity contribution >= 4 is 11.8 Å². The van der Waals surface area contributed by atoms with E-state index in [0.29, 0.717) is 12.8 Å². The predicted octanol–water partition coefficient (Wildman–Crippen LogP) is 4.04. The van der Waals surface area contributed by atoms with Gasteiger partial charge in [-0.3, -0.25) is 9.59 Å². The van der Waals surface area contributed by atoms with Gasteiger partial charge in [0.25, 0.3) is 0 Å². The van der Waals surface area contributed by atoms with Gasteiger partial charge in [0, 0.05) is 12.3 Å². The minimum absolute atomic E-state index is 0.171. The number of primary amides is 1. The third kappa shape index (κ3) is 4.77. The molecular weight excluding hydrogens is 355 g/mol. The molecule has 1 saturated carbocycles. The first-order valence-electron chi connectivity index (χ1n) is 9.91. The van der Waals surface area contributed by atoms with Crippen molar-refractivity contribution in [1.29, 1.82) is 0 Å². The maximum Gasteiger partial charge on any atom is 0.243 e. The van der Waals surface area contributed by atoms with E-state index in [1.54, 1.807) is 12.1 Å². The van der Waals surface area contributed by atoms with E-state index in [0.717, 1.165) is 36.8 Å². The molecule has 28 heavy (non-hydrogen) atoms. The Balaban J connectivity index is 1.82. The molecule has 0 aromatic heterocycles. The van der Waals surface area contributed by atoms with E-state index in [9.17, 15) is 14.0 Å². The van der Waals surface area contributed by atoms with Crippen LogP contribution in [0.25, 0.3) is 0 Å². The van der Waals surface area contributed by atoms with Crippen molar-refractivity contribution in [1.82, 2.24) is 5.32 Å². The highest BCUT2D eigenvalue weighted by molar-refractivity contribution is 5.90. The molecule has 0 aliphatic heterocycles. The van der Waals surface area contributed by atoms with Gasteiger partial charge in [-0.25, -0.2) is 4.39 Å². The number of hydrogen-bond donors (Lipinski definition) is 2. The van der Waals surface area contributed by atoms with Crippen LogP contribution in [0.4, 0.5) is 4.39 Å². The highest BCUT2D eigenvalue weighted by Crippen LogP contribution is 2.31. The summed E-state index contributed by atoms with van der Waals surface area (Å²) < 4.78 is 13.4. The highest BCUT2D eigenvalue weighted by atomic mass is 19.1. The Kier molecular flexibility index (Phi) is 6.45. The van der Waals surface area contributed by atoms with Gasteiger partial charge in [-0.2, -0.15) is 0 Å². The Hall–Kier alpha value is -2.69. The predicted molar refractivity (Wildman–Crippen MR) is 107 cm³/mol. The molecule has 1 aliphatic carbocycles. The monoisotopic (exact) mass is 382 g/mol. The number of hydrogen-bond acceptors (Lipinski definition) is 2. The van der Waals surface area contributed by atoms with Crippen LogP contribution in [0.1, 0.15) is 62.0 Å². The zero-order valence-electron chi connectivity index (χ0n) is 16.0. The molecule has 0 unspecified atom stereocenters. The van der Waals surface area contributed by atoms with Gasteiger partial charge in [0.15, 0.2) is 0 Å². The molecule has 0 spiro atoms. The largest absolute Gasteiger partial charge is 0.368 e. The van der Waals surface area contributed by atoms with Gasteiger partial charge in [0.2, 0.25) is 11.8 Å². The summed E-state index contributed by atoms with van der Waals surface area (Å²) in [4.78, 5) is 25.2. The summed E-state index contributed by atoms with van der Waals surface area (Å²) in [6, 6.07) is 15.9. The van der Waals surface area contributed by atoms with E-state index in [2.05, 4.69) is 5.32 Å². The van der Waals surface area contributed by atoms with Crippen LogP contribution in [0.15, 0.2) is 54.6 Å². The molecule has 2 aromatic rings. The quantitative estimate of drug-likeness (QED) is 0.740.